The maximum Gasteiger partial charge on any atom is 0.339 e. The van der Waals surface area contributed by atoms with Crippen LogP contribution in [-0.2, 0) is 6.61 Å². The van der Waals surface area contributed by atoms with E-state index in [4.69, 9.17) is 9.84 Å². The van der Waals surface area contributed by atoms with Crippen LogP contribution in [0.4, 0.5) is 0 Å². The van der Waals surface area contributed by atoms with E-state index in [-0.39, 0.29) is 17.9 Å². The highest BCUT2D eigenvalue weighted by atomic mass is 16.5. The Kier molecular flexibility index (Phi) is 3.00. The van der Waals surface area contributed by atoms with Crippen LogP contribution in [0, 0.1) is 0 Å². The summed E-state index contributed by atoms with van der Waals surface area (Å²) in [4.78, 5) is 23.2. The van der Waals surface area contributed by atoms with Gasteiger partial charge in [-0.15, -0.1) is 0 Å². The molecule has 0 saturated carbocycles. The standard InChI is InChI=1S/C13H10N4O3/c18-12(19)10-2-4-14-6-11(10)20-8-9-7-17-5-1-3-15-13(17)16-9/h1-7H,8H2,(H,18,19). The van der Waals surface area contributed by atoms with Gasteiger partial charge in [-0.1, -0.05) is 0 Å². The molecule has 0 fully saturated rings. The molecule has 0 radical (unpaired) electrons. The fourth-order valence-corrected chi connectivity index (χ4v) is 1.77. The van der Waals surface area contributed by atoms with Crippen molar-refractivity contribution in [2.24, 2.45) is 0 Å². The number of rotatable bonds is 4. The summed E-state index contributed by atoms with van der Waals surface area (Å²) in [6, 6.07) is 3.19. The molecule has 0 aliphatic carbocycles. The smallest absolute Gasteiger partial charge is 0.339 e. The van der Waals surface area contributed by atoms with Crippen LogP contribution < -0.4 is 4.74 Å². The van der Waals surface area contributed by atoms with Crippen LogP contribution in [0.1, 0.15) is 16.1 Å². The van der Waals surface area contributed by atoms with Gasteiger partial charge in [0.1, 0.15) is 12.2 Å². The highest BCUT2D eigenvalue weighted by Crippen LogP contribution is 2.17. The zero-order valence-corrected chi connectivity index (χ0v) is 10.3. The molecule has 7 nitrogen and oxygen atoms in total. The van der Waals surface area contributed by atoms with Gasteiger partial charge in [0.05, 0.1) is 11.9 Å². The second kappa shape index (κ2) is 4.96. The largest absolute Gasteiger partial charge is 0.485 e. The van der Waals surface area contributed by atoms with Crippen molar-refractivity contribution in [2.45, 2.75) is 6.61 Å². The molecule has 0 aliphatic heterocycles. The first-order valence-electron chi connectivity index (χ1n) is 5.83. The minimum absolute atomic E-state index is 0.0712. The topological polar surface area (TPSA) is 89.6 Å². The lowest BCUT2D eigenvalue weighted by molar-refractivity contribution is 0.0691. The Bertz CT molecular complexity index is 736. The van der Waals surface area contributed by atoms with Crippen LogP contribution in [0.2, 0.25) is 0 Å². The zero-order chi connectivity index (χ0) is 13.9. The molecule has 0 aliphatic rings. The van der Waals surface area contributed by atoms with Gasteiger partial charge in [-0.3, -0.25) is 9.38 Å². The number of nitrogens with zero attached hydrogens (tertiary/aromatic N) is 4. The molecule has 0 amide bonds. The third-order valence-corrected chi connectivity index (χ3v) is 2.68. The number of aromatic carboxylic acids is 1. The molecule has 0 saturated heterocycles. The lowest BCUT2D eigenvalue weighted by Gasteiger charge is -2.06. The molecule has 7 heteroatoms. The van der Waals surface area contributed by atoms with Gasteiger partial charge in [-0.25, -0.2) is 14.8 Å². The normalized spacial score (nSPS) is 10.6. The SMILES string of the molecule is O=C(O)c1ccncc1OCc1cn2cccnc2n1. The van der Waals surface area contributed by atoms with Crippen molar-refractivity contribution in [1.29, 1.82) is 0 Å². The van der Waals surface area contributed by atoms with E-state index >= 15 is 0 Å². The van der Waals surface area contributed by atoms with Crippen LogP contribution >= 0.6 is 0 Å². The summed E-state index contributed by atoms with van der Waals surface area (Å²) in [6.07, 6.45) is 8.03. The van der Waals surface area contributed by atoms with Gasteiger partial charge in [0.25, 0.3) is 0 Å². The predicted octanol–water partition coefficient (Wildman–Crippen LogP) is 1.40. The fourth-order valence-electron chi connectivity index (χ4n) is 1.77. The Labute approximate surface area is 113 Å². The van der Waals surface area contributed by atoms with Crippen LogP contribution in [0.25, 0.3) is 5.78 Å². The molecule has 0 spiro atoms. The van der Waals surface area contributed by atoms with Crippen LogP contribution in [0.3, 0.4) is 0 Å². The molecule has 3 heterocycles. The Morgan fingerprint density at radius 3 is 3.10 bits per heavy atom. The Balaban J connectivity index is 1.81. The lowest BCUT2D eigenvalue weighted by atomic mass is 10.2. The monoisotopic (exact) mass is 270 g/mol. The number of ether oxygens (including phenoxy) is 1. The van der Waals surface area contributed by atoms with Gasteiger partial charge in [-0.05, 0) is 12.1 Å². The summed E-state index contributed by atoms with van der Waals surface area (Å²) in [7, 11) is 0. The maximum atomic E-state index is 11.0. The molecule has 1 N–H and O–H groups in total. The van der Waals surface area contributed by atoms with E-state index in [9.17, 15) is 4.79 Å². The van der Waals surface area contributed by atoms with Crippen molar-refractivity contribution >= 4 is 11.7 Å². The first kappa shape index (κ1) is 12.1. The van der Waals surface area contributed by atoms with Crippen molar-refractivity contribution in [3.8, 4) is 5.75 Å². The number of pyridine rings is 1. The molecular formula is C13H10N4O3. The van der Waals surface area contributed by atoms with Crippen LogP contribution in [-0.4, -0.2) is 30.4 Å². The summed E-state index contributed by atoms with van der Waals surface area (Å²) >= 11 is 0. The van der Waals surface area contributed by atoms with E-state index in [0.717, 1.165) is 0 Å². The number of carboxylic acid groups (broad SMARTS) is 1. The summed E-state index contributed by atoms with van der Waals surface area (Å²) in [5.41, 5.74) is 0.728. The Hall–Kier alpha value is -2.96. The summed E-state index contributed by atoms with van der Waals surface area (Å²) < 4.78 is 7.23. The highest BCUT2D eigenvalue weighted by Gasteiger charge is 2.11. The molecule has 0 unspecified atom stereocenters. The molecular weight excluding hydrogens is 260 g/mol. The summed E-state index contributed by atoms with van der Waals surface area (Å²) in [6.45, 7) is 0.148. The molecule has 3 aromatic heterocycles. The van der Waals surface area contributed by atoms with Crippen molar-refractivity contribution in [2.75, 3.05) is 0 Å². The van der Waals surface area contributed by atoms with E-state index < -0.39 is 5.97 Å². The number of fused-ring (bicyclic) bond motifs is 1. The minimum Gasteiger partial charge on any atom is -0.485 e. The van der Waals surface area contributed by atoms with Gasteiger partial charge in [-0.2, -0.15) is 0 Å². The van der Waals surface area contributed by atoms with Crippen molar-refractivity contribution in [3.05, 3.63) is 54.4 Å². The lowest BCUT2D eigenvalue weighted by Crippen LogP contribution is -2.04. The molecule has 3 rings (SSSR count). The van der Waals surface area contributed by atoms with Gasteiger partial charge >= 0.3 is 5.97 Å². The van der Waals surface area contributed by atoms with E-state index in [1.54, 1.807) is 22.9 Å². The quantitative estimate of drug-likeness (QED) is 0.770. The van der Waals surface area contributed by atoms with E-state index in [2.05, 4.69) is 15.0 Å². The van der Waals surface area contributed by atoms with Crippen molar-refractivity contribution in [1.82, 2.24) is 19.4 Å². The number of carbonyl (C=O) groups is 1. The van der Waals surface area contributed by atoms with Gasteiger partial charge in [0.15, 0.2) is 5.75 Å². The van der Waals surface area contributed by atoms with Crippen LogP contribution in [0.15, 0.2) is 43.1 Å². The van der Waals surface area contributed by atoms with E-state index in [1.807, 2.05) is 6.20 Å². The zero-order valence-electron chi connectivity index (χ0n) is 10.3. The molecule has 20 heavy (non-hydrogen) atoms. The average molecular weight is 270 g/mol. The van der Waals surface area contributed by atoms with Crippen molar-refractivity contribution in [3.63, 3.8) is 0 Å². The first-order chi connectivity index (χ1) is 9.74. The highest BCUT2D eigenvalue weighted by molar-refractivity contribution is 5.90. The van der Waals surface area contributed by atoms with Crippen molar-refractivity contribution < 1.29 is 14.6 Å². The third-order valence-electron chi connectivity index (χ3n) is 2.68. The Morgan fingerprint density at radius 1 is 1.40 bits per heavy atom. The third kappa shape index (κ3) is 2.28. The fraction of sp³-hybridized carbons (Fsp3) is 0.0769. The molecule has 0 bridgehead atoms. The number of hydrogen-bond donors (Lipinski definition) is 1. The maximum absolute atomic E-state index is 11.0. The van der Waals surface area contributed by atoms with Gasteiger partial charge in [0.2, 0.25) is 5.78 Å². The van der Waals surface area contributed by atoms with Crippen LogP contribution in [0.5, 0.6) is 5.75 Å². The summed E-state index contributed by atoms with van der Waals surface area (Å²) in [5.74, 6) is -0.278. The number of hydrogen-bond acceptors (Lipinski definition) is 5. The molecule has 100 valence electrons. The molecule has 3 aromatic rings. The van der Waals surface area contributed by atoms with E-state index in [0.29, 0.717) is 11.5 Å². The average Bonchev–Trinajstić information content (AvgIpc) is 2.88. The minimum atomic E-state index is -1.06. The van der Waals surface area contributed by atoms with Gasteiger partial charge in [0, 0.05) is 24.8 Å². The Morgan fingerprint density at radius 2 is 2.30 bits per heavy atom. The molecule has 0 aromatic carbocycles. The molecule has 0 atom stereocenters. The van der Waals surface area contributed by atoms with Gasteiger partial charge < -0.3 is 9.84 Å². The number of carboxylic acids is 1. The second-order valence-corrected chi connectivity index (χ2v) is 4.02. The first-order valence-corrected chi connectivity index (χ1v) is 5.83. The number of aromatic nitrogens is 4. The number of imidazole rings is 1. The second-order valence-electron chi connectivity index (χ2n) is 4.02. The summed E-state index contributed by atoms with van der Waals surface area (Å²) in [5, 5.41) is 9.04. The predicted molar refractivity (Wildman–Crippen MR) is 68.5 cm³/mol. The van der Waals surface area contributed by atoms with E-state index in [1.165, 1.54) is 18.5 Å².